The minimum absolute atomic E-state index is 0.0635. The Labute approximate surface area is 142 Å². The number of hydrogen-bond acceptors (Lipinski definition) is 2. The molecule has 0 aromatic heterocycles. The van der Waals surface area contributed by atoms with E-state index in [1.54, 1.807) is 6.08 Å². The predicted molar refractivity (Wildman–Crippen MR) is 97.1 cm³/mol. The fourth-order valence-corrected chi connectivity index (χ4v) is 2.80. The summed E-state index contributed by atoms with van der Waals surface area (Å²) in [5.41, 5.74) is 3.25. The third-order valence-electron chi connectivity index (χ3n) is 4.11. The number of hydrogen-bond donors (Lipinski definition) is 0. The molecule has 1 amide bonds. The van der Waals surface area contributed by atoms with E-state index in [4.69, 9.17) is 4.74 Å². The maximum atomic E-state index is 12.6. The van der Waals surface area contributed by atoms with E-state index in [-0.39, 0.29) is 5.91 Å². The smallest absolute Gasteiger partial charge is 0.254 e. The molecule has 24 heavy (non-hydrogen) atoms. The van der Waals surface area contributed by atoms with Crippen molar-refractivity contribution < 1.29 is 9.53 Å². The Balaban J connectivity index is 1.64. The molecular formula is C21H21NO2. The van der Waals surface area contributed by atoms with Gasteiger partial charge in [0.25, 0.3) is 5.91 Å². The van der Waals surface area contributed by atoms with Crippen LogP contribution >= 0.6 is 0 Å². The Hall–Kier alpha value is -2.81. The SMILES string of the molecule is C=CCOc1ccc(C(=O)N2CC=C(c3ccccc3)CC2)cc1. The maximum Gasteiger partial charge on any atom is 0.254 e. The first-order valence-corrected chi connectivity index (χ1v) is 8.15. The molecule has 0 saturated carbocycles. The number of benzene rings is 2. The summed E-state index contributed by atoms with van der Waals surface area (Å²) in [6.07, 6.45) is 4.73. The predicted octanol–water partition coefficient (Wildman–Crippen LogP) is 4.18. The Morgan fingerprint density at radius 2 is 1.88 bits per heavy atom. The maximum absolute atomic E-state index is 12.6. The lowest BCUT2D eigenvalue weighted by Crippen LogP contribution is -2.34. The van der Waals surface area contributed by atoms with E-state index in [2.05, 4.69) is 24.8 Å². The van der Waals surface area contributed by atoms with Crippen LogP contribution in [-0.2, 0) is 0 Å². The standard InChI is InChI=1S/C21H21NO2/c1-2-16-24-20-10-8-19(9-11-20)21(23)22-14-12-18(13-15-22)17-6-4-3-5-7-17/h2-12H,1,13-16H2. The van der Waals surface area contributed by atoms with Gasteiger partial charge in [-0.3, -0.25) is 4.79 Å². The van der Waals surface area contributed by atoms with Gasteiger partial charge < -0.3 is 9.64 Å². The van der Waals surface area contributed by atoms with Gasteiger partial charge in [0.2, 0.25) is 0 Å². The van der Waals surface area contributed by atoms with E-state index in [0.29, 0.717) is 18.7 Å². The average Bonchev–Trinajstić information content (AvgIpc) is 2.67. The van der Waals surface area contributed by atoms with Crippen LogP contribution in [0, 0.1) is 0 Å². The van der Waals surface area contributed by atoms with E-state index in [1.165, 1.54) is 11.1 Å². The minimum Gasteiger partial charge on any atom is -0.490 e. The van der Waals surface area contributed by atoms with Crippen LogP contribution in [0.15, 0.2) is 73.3 Å². The normalized spacial score (nSPS) is 14.0. The van der Waals surface area contributed by atoms with Gasteiger partial charge in [-0.25, -0.2) is 0 Å². The lowest BCUT2D eigenvalue weighted by molar-refractivity contribution is 0.0773. The molecule has 3 nitrogen and oxygen atoms in total. The lowest BCUT2D eigenvalue weighted by atomic mass is 9.99. The summed E-state index contributed by atoms with van der Waals surface area (Å²) in [4.78, 5) is 14.5. The van der Waals surface area contributed by atoms with Gasteiger partial charge in [-0.2, -0.15) is 0 Å². The van der Waals surface area contributed by atoms with Gasteiger partial charge in [-0.05, 0) is 41.8 Å². The molecule has 2 aromatic carbocycles. The Morgan fingerprint density at radius 1 is 1.12 bits per heavy atom. The molecule has 1 aliphatic rings. The molecular weight excluding hydrogens is 298 g/mol. The number of nitrogens with zero attached hydrogens (tertiary/aromatic N) is 1. The molecule has 0 saturated heterocycles. The first-order valence-electron chi connectivity index (χ1n) is 8.15. The van der Waals surface area contributed by atoms with Crippen molar-refractivity contribution in [3.63, 3.8) is 0 Å². The first-order chi connectivity index (χ1) is 11.8. The van der Waals surface area contributed by atoms with E-state index < -0.39 is 0 Å². The second kappa shape index (κ2) is 7.64. The summed E-state index contributed by atoms with van der Waals surface area (Å²) < 4.78 is 5.45. The first kappa shape index (κ1) is 16.1. The van der Waals surface area contributed by atoms with Gasteiger partial charge >= 0.3 is 0 Å². The van der Waals surface area contributed by atoms with Crippen LogP contribution in [0.25, 0.3) is 5.57 Å². The average molecular weight is 319 g/mol. The summed E-state index contributed by atoms with van der Waals surface area (Å²) in [6.45, 7) is 5.48. The van der Waals surface area contributed by atoms with E-state index in [1.807, 2.05) is 47.4 Å². The number of carbonyl (C=O) groups excluding carboxylic acids is 1. The van der Waals surface area contributed by atoms with Crippen LogP contribution in [-0.4, -0.2) is 30.5 Å². The van der Waals surface area contributed by atoms with Crippen LogP contribution in [0.4, 0.5) is 0 Å². The van der Waals surface area contributed by atoms with Crippen LogP contribution in [0.2, 0.25) is 0 Å². The highest BCUT2D eigenvalue weighted by atomic mass is 16.5. The summed E-state index contributed by atoms with van der Waals surface area (Å²) >= 11 is 0. The van der Waals surface area contributed by atoms with E-state index in [0.717, 1.165) is 18.7 Å². The van der Waals surface area contributed by atoms with Gasteiger partial charge in [-0.1, -0.05) is 49.1 Å². The molecule has 122 valence electrons. The fourth-order valence-electron chi connectivity index (χ4n) is 2.80. The van der Waals surface area contributed by atoms with Crippen molar-refractivity contribution in [1.82, 2.24) is 4.90 Å². The van der Waals surface area contributed by atoms with Crippen LogP contribution in [0.1, 0.15) is 22.3 Å². The number of rotatable bonds is 5. The van der Waals surface area contributed by atoms with Gasteiger partial charge in [-0.15, -0.1) is 0 Å². The molecule has 2 aromatic rings. The third-order valence-corrected chi connectivity index (χ3v) is 4.11. The number of amides is 1. The summed E-state index contributed by atoms with van der Waals surface area (Å²) in [5.74, 6) is 0.810. The van der Waals surface area contributed by atoms with Crippen molar-refractivity contribution in [2.45, 2.75) is 6.42 Å². The molecule has 0 atom stereocenters. The zero-order chi connectivity index (χ0) is 16.8. The zero-order valence-electron chi connectivity index (χ0n) is 13.7. The second-order valence-corrected chi connectivity index (χ2v) is 5.72. The van der Waals surface area contributed by atoms with Crippen molar-refractivity contribution in [2.75, 3.05) is 19.7 Å². The van der Waals surface area contributed by atoms with Gasteiger partial charge in [0, 0.05) is 18.7 Å². The molecule has 0 fully saturated rings. The largest absolute Gasteiger partial charge is 0.490 e. The van der Waals surface area contributed by atoms with Crippen LogP contribution < -0.4 is 4.74 Å². The van der Waals surface area contributed by atoms with Crippen molar-refractivity contribution in [3.05, 3.63) is 84.5 Å². The number of ether oxygens (including phenoxy) is 1. The van der Waals surface area contributed by atoms with Gasteiger partial charge in [0.1, 0.15) is 12.4 Å². The van der Waals surface area contributed by atoms with E-state index >= 15 is 0 Å². The van der Waals surface area contributed by atoms with Crippen LogP contribution in [0.3, 0.4) is 0 Å². The quantitative estimate of drug-likeness (QED) is 0.774. The summed E-state index contributed by atoms with van der Waals surface area (Å²) in [6, 6.07) is 17.6. The highest BCUT2D eigenvalue weighted by Gasteiger charge is 2.19. The molecule has 1 aliphatic heterocycles. The number of carbonyl (C=O) groups is 1. The molecule has 0 bridgehead atoms. The topological polar surface area (TPSA) is 29.5 Å². The highest BCUT2D eigenvalue weighted by molar-refractivity contribution is 5.95. The fraction of sp³-hybridized carbons (Fsp3) is 0.190. The van der Waals surface area contributed by atoms with Crippen LogP contribution in [0.5, 0.6) is 5.75 Å². The lowest BCUT2D eigenvalue weighted by Gasteiger charge is -2.27. The third kappa shape index (κ3) is 3.74. The molecule has 1 heterocycles. The molecule has 0 spiro atoms. The Kier molecular flexibility index (Phi) is 5.12. The van der Waals surface area contributed by atoms with Crippen molar-refractivity contribution in [2.24, 2.45) is 0 Å². The molecule has 0 unspecified atom stereocenters. The zero-order valence-corrected chi connectivity index (χ0v) is 13.7. The summed E-state index contributed by atoms with van der Waals surface area (Å²) in [7, 11) is 0. The van der Waals surface area contributed by atoms with E-state index in [9.17, 15) is 4.79 Å². The van der Waals surface area contributed by atoms with Crippen molar-refractivity contribution in [3.8, 4) is 5.75 Å². The van der Waals surface area contributed by atoms with Crippen molar-refractivity contribution in [1.29, 1.82) is 0 Å². The molecule has 3 rings (SSSR count). The Bertz CT molecular complexity index is 732. The second-order valence-electron chi connectivity index (χ2n) is 5.72. The molecule has 0 N–H and O–H groups in total. The Morgan fingerprint density at radius 3 is 2.50 bits per heavy atom. The summed E-state index contributed by atoms with van der Waals surface area (Å²) in [5, 5.41) is 0. The van der Waals surface area contributed by atoms with Crippen molar-refractivity contribution >= 4 is 11.5 Å². The molecule has 3 heteroatoms. The van der Waals surface area contributed by atoms with Gasteiger partial charge in [0.05, 0.1) is 0 Å². The minimum atomic E-state index is 0.0635. The molecule has 0 radical (unpaired) electrons. The monoisotopic (exact) mass is 319 g/mol. The highest BCUT2D eigenvalue weighted by Crippen LogP contribution is 2.23. The molecule has 0 aliphatic carbocycles. The van der Waals surface area contributed by atoms with Gasteiger partial charge in [0.15, 0.2) is 0 Å².